The molecule has 25 heavy (non-hydrogen) atoms. The van der Waals surface area contributed by atoms with E-state index in [1.54, 1.807) is 7.11 Å². The predicted molar refractivity (Wildman–Crippen MR) is 97.9 cm³/mol. The smallest absolute Gasteiger partial charge is 0.223 e. The number of benzene rings is 1. The van der Waals surface area contributed by atoms with E-state index in [2.05, 4.69) is 9.80 Å². The molecule has 138 valence electrons. The topological polar surface area (TPSA) is 42.0 Å². The van der Waals surface area contributed by atoms with Gasteiger partial charge in [-0.2, -0.15) is 0 Å². The van der Waals surface area contributed by atoms with Gasteiger partial charge >= 0.3 is 0 Å². The summed E-state index contributed by atoms with van der Waals surface area (Å²) < 4.78 is 10.6. The summed E-state index contributed by atoms with van der Waals surface area (Å²) >= 11 is 0. The summed E-state index contributed by atoms with van der Waals surface area (Å²) in [7, 11) is 1.67. The van der Waals surface area contributed by atoms with Gasteiger partial charge < -0.3 is 14.4 Å². The number of amides is 1. The molecule has 2 heterocycles. The van der Waals surface area contributed by atoms with Gasteiger partial charge in [0, 0.05) is 38.6 Å². The van der Waals surface area contributed by atoms with Gasteiger partial charge in [-0.1, -0.05) is 12.1 Å². The summed E-state index contributed by atoms with van der Waals surface area (Å²) in [6, 6.07) is 8.39. The van der Waals surface area contributed by atoms with Crippen LogP contribution in [0.3, 0.4) is 0 Å². The van der Waals surface area contributed by atoms with Gasteiger partial charge in [0.25, 0.3) is 0 Å². The molecule has 1 amide bonds. The number of morpholine rings is 1. The van der Waals surface area contributed by atoms with Crippen LogP contribution in [0.15, 0.2) is 24.3 Å². The van der Waals surface area contributed by atoms with Crippen LogP contribution in [0.4, 0.5) is 0 Å². The van der Waals surface area contributed by atoms with E-state index in [0.717, 1.165) is 64.4 Å². The highest BCUT2D eigenvalue weighted by Gasteiger charge is 2.28. The third-order valence-electron chi connectivity index (χ3n) is 5.31. The lowest BCUT2D eigenvalue weighted by Gasteiger charge is -2.39. The monoisotopic (exact) mass is 346 g/mol. The molecule has 3 rings (SSSR count). The SMILES string of the molecule is COc1ccc(CCC(=O)N2CCCCC2CN2CCOCC2)cc1. The zero-order valence-electron chi connectivity index (χ0n) is 15.3. The van der Waals surface area contributed by atoms with Crippen LogP contribution >= 0.6 is 0 Å². The van der Waals surface area contributed by atoms with Crippen LogP contribution in [0.2, 0.25) is 0 Å². The first-order valence-corrected chi connectivity index (χ1v) is 9.49. The highest BCUT2D eigenvalue weighted by Crippen LogP contribution is 2.20. The fourth-order valence-corrected chi connectivity index (χ4v) is 3.79. The maximum Gasteiger partial charge on any atom is 0.223 e. The molecule has 0 aliphatic carbocycles. The molecule has 0 bridgehead atoms. The summed E-state index contributed by atoms with van der Waals surface area (Å²) in [6.07, 6.45) is 4.88. The van der Waals surface area contributed by atoms with Gasteiger partial charge in [-0.25, -0.2) is 0 Å². The Balaban J connectivity index is 1.52. The molecule has 1 atom stereocenters. The molecule has 1 unspecified atom stereocenters. The molecule has 2 saturated heterocycles. The number of carbonyl (C=O) groups is 1. The van der Waals surface area contributed by atoms with E-state index in [0.29, 0.717) is 18.4 Å². The minimum Gasteiger partial charge on any atom is -0.497 e. The van der Waals surface area contributed by atoms with Gasteiger partial charge in [0.05, 0.1) is 20.3 Å². The zero-order chi connectivity index (χ0) is 17.5. The number of piperidine rings is 1. The van der Waals surface area contributed by atoms with Crippen LogP contribution in [0.5, 0.6) is 5.75 Å². The minimum absolute atomic E-state index is 0.300. The maximum atomic E-state index is 12.8. The van der Waals surface area contributed by atoms with Crippen LogP contribution < -0.4 is 4.74 Å². The van der Waals surface area contributed by atoms with Crippen molar-refractivity contribution in [2.45, 2.75) is 38.1 Å². The summed E-state index contributed by atoms with van der Waals surface area (Å²) in [4.78, 5) is 17.4. The minimum atomic E-state index is 0.300. The largest absolute Gasteiger partial charge is 0.497 e. The molecular formula is C20H30N2O3. The lowest BCUT2D eigenvalue weighted by molar-refractivity contribution is -0.135. The van der Waals surface area contributed by atoms with Crippen molar-refractivity contribution in [1.82, 2.24) is 9.80 Å². The molecule has 1 aromatic rings. The molecule has 5 heteroatoms. The zero-order valence-corrected chi connectivity index (χ0v) is 15.3. The van der Waals surface area contributed by atoms with Gasteiger partial charge in [0.2, 0.25) is 5.91 Å². The van der Waals surface area contributed by atoms with E-state index >= 15 is 0 Å². The summed E-state index contributed by atoms with van der Waals surface area (Å²) in [6.45, 7) is 5.53. The van der Waals surface area contributed by atoms with Crippen molar-refractivity contribution in [3.05, 3.63) is 29.8 Å². The van der Waals surface area contributed by atoms with E-state index in [4.69, 9.17) is 9.47 Å². The number of aryl methyl sites for hydroxylation is 1. The Bertz CT molecular complexity index is 540. The summed E-state index contributed by atoms with van der Waals surface area (Å²) in [5, 5.41) is 0. The average Bonchev–Trinajstić information content (AvgIpc) is 2.68. The molecule has 0 aromatic heterocycles. The Morgan fingerprint density at radius 1 is 1.16 bits per heavy atom. The van der Waals surface area contributed by atoms with E-state index in [-0.39, 0.29) is 0 Å². The van der Waals surface area contributed by atoms with Crippen molar-refractivity contribution in [3.63, 3.8) is 0 Å². The third-order valence-corrected chi connectivity index (χ3v) is 5.31. The van der Waals surface area contributed by atoms with Gasteiger partial charge in [0.15, 0.2) is 0 Å². The number of nitrogens with zero attached hydrogens (tertiary/aromatic N) is 2. The van der Waals surface area contributed by atoms with E-state index in [9.17, 15) is 4.79 Å². The van der Waals surface area contributed by atoms with E-state index < -0.39 is 0 Å². The van der Waals surface area contributed by atoms with Crippen molar-refractivity contribution in [2.75, 3.05) is 46.5 Å². The second kappa shape index (κ2) is 9.20. The first-order chi connectivity index (χ1) is 12.3. The highest BCUT2D eigenvalue weighted by molar-refractivity contribution is 5.77. The van der Waals surface area contributed by atoms with Gasteiger partial charge in [0.1, 0.15) is 5.75 Å². The van der Waals surface area contributed by atoms with Gasteiger partial charge in [-0.05, 0) is 43.4 Å². The number of methoxy groups -OCH3 is 1. The first kappa shape index (κ1) is 18.2. The van der Waals surface area contributed by atoms with Crippen LogP contribution in [0, 0.1) is 0 Å². The van der Waals surface area contributed by atoms with Crippen molar-refractivity contribution in [2.24, 2.45) is 0 Å². The number of hydrogen-bond acceptors (Lipinski definition) is 4. The molecular weight excluding hydrogens is 316 g/mol. The van der Waals surface area contributed by atoms with Crippen LogP contribution in [-0.2, 0) is 16.0 Å². The van der Waals surface area contributed by atoms with Crippen molar-refractivity contribution < 1.29 is 14.3 Å². The molecule has 0 saturated carbocycles. The molecule has 0 radical (unpaired) electrons. The maximum absolute atomic E-state index is 12.8. The molecule has 1 aromatic carbocycles. The van der Waals surface area contributed by atoms with Crippen molar-refractivity contribution >= 4 is 5.91 Å². The Hall–Kier alpha value is -1.59. The number of likely N-dealkylation sites (tertiary alicyclic amines) is 1. The van der Waals surface area contributed by atoms with Crippen LogP contribution in [-0.4, -0.2) is 68.3 Å². The van der Waals surface area contributed by atoms with Crippen LogP contribution in [0.25, 0.3) is 0 Å². The normalized spacial score (nSPS) is 22.0. The molecule has 2 fully saturated rings. The molecule has 2 aliphatic heterocycles. The molecule has 0 spiro atoms. The second-order valence-electron chi connectivity index (χ2n) is 7.00. The van der Waals surface area contributed by atoms with Gasteiger partial charge in [-0.15, -0.1) is 0 Å². The van der Waals surface area contributed by atoms with Crippen LogP contribution in [0.1, 0.15) is 31.2 Å². The lowest BCUT2D eigenvalue weighted by Crippen LogP contribution is -2.51. The lowest BCUT2D eigenvalue weighted by atomic mass is 10.00. The molecule has 5 nitrogen and oxygen atoms in total. The number of hydrogen-bond donors (Lipinski definition) is 0. The summed E-state index contributed by atoms with van der Waals surface area (Å²) in [5.41, 5.74) is 1.19. The van der Waals surface area contributed by atoms with Crippen molar-refractivity contribution in [3.8, 4) is 5.75 Å². The molecule has 0 N–H and O–H groups in total. The Kier molecular flexibility index (Phi) is 6.70. The second-order valence-corrected chi connectivity index (χ2v) is 7.00. The van der Waals surface area contributed by atoms with Gasteiger partial charge in [-0.3, -0.25) is 9.69 Å². The predicted octanol–water partition coefficient (Wildman–Crippen LogP) is 2.34. The van der Waals surface area contributed by atoms with E-state index in [1.165, 1.54) is 12.0 Å². The summed E-state index contributed by atoms with van der Waals surface area (Å²) in [5.74, 6) is 1.16. The third kappa shape index (κ3) is 5.19. The molecule has 2 aliphatic rings. The Labute approximate surface area is 150 Å². The number of rotatable bonds is 6. The average molecular weight is 346 g/mol. The number of carbonyl (C=O) groups excluding carboxylic acids is 1. The Morgan fingerprint density at radius 3 is 2.64 bits per heavy atom. The fourth-order valence-electron chi connectivity index (χ4n) is 3.79. The van der Waals surface area contributed by atoms with E-state index in [1.807, 2.05) is 24.3 Å². The van der Waals surface area contributed by atoms with Crippen molar-refractivity contribution in [1.29, 1.82) is 0 Å². The number of ether oxygens (including phenoxy) is 2. The first-order valence-electron chi connectivity index (χ1n) is 9.49. The highest BCUT2D eigenvalue weighted by atomic mass is 16.5. The standard InChI is InChI=1S/C20H30N2O3/c1-24-19-8-5-17(6-9-19)7-10-20(23)22-11-3-2-4-18(22)16-21-12-14-25-15-13-21/h5-6,8-9,18H,2-4,7,10-16H2,1H3. The Morgan fingerprint density at radius 2 is 1.92 bits per heavy atom. The quantitative estimate of drug-likeness (QED) is 0.793. The fraction of sp³-hybridized carbons (Fsp3) is 0.650.